The first kappa shape index (κ1) is 15.3. The summed E-state index contributed by atoms with van der Waals surface area (Å²) in [5, 5.41) is 5.72. The fraction of sp³-hybridized carbons (Fsp3) is 0.412. The van der Waals surface area contributed by atoms with Gasteiger partial charge in [0.2, 0.25) is 11.8 Å². The highest BCUT2D eigenvalue weighted by molar-refractivity contribution is 5.89. The van der Waals surface area contributed by atoms with E-state index in [1.807, 2.05) is 31.2 Å². The molecule has 2 rings (SSSR count). The number of amides is 2. The van der Waals surface area contributed by atoms with E-state index in [0.717, 1.165) is 24.1 Å². The third-order valence-corrected chi connectivity index (χ3v) is 3.65. The molecule has 1 aromatic rings. The summed E-state index contributed by atoms with van der Waals surface area (Å²) < 4.78 is 0. The lowest BCUT2D eigenvalue weighted by Crippen LogP contribution is -2.25. The average molecular weight is 286 g/mol. The molecule has 0 radical (unpaired) electrons. The first-order valence-electron chi connectivity index (χ1n) is 7.42. The second kappa shape index (κ2) is 7.07. The van der Waals surface area contributed by atoms with Crippen LogP contribution in [-0.4, -0.2) is 11.8 Å². The van der Waals surface area contributed by atoms with E-state index in [4.69, 9.17) is 0 Å². The lowest BCUT2D eigenvalue weighted by Gasteiger charge is -2.14. The Morgan fingerprint density at radius 2 is 1.95 bits per heavy atom. The maximum atomic E-state index is 12.0. The molecular formula is C17H22N2O2. The van der Waals surface area contributed by atoms with Gasteiger partial charge in [-0.25, -0.2) is 0 Å². The molecule has 112 valence electrons. The monoisotopic (exact) mass is 286 g/mol. The smallest absolute Gasteiger partial charge is 0.244 e. The molecule has 1 aliphatic carbocycles. The molecule has 0 spiro atoms. The molecule has 4 nitrogen and oxygen atoms in total. The van der Waals surface area contributed by atoms with Crippen molar-refractivity contribution in [3.63, 3.8) is 0 Å². The zero-order chi connectivity index (χ0) is 15.2. The minimum atomic E-state index is -0.102. The molecule has 21 heavy (non-hydrogen) atoms. The number of hydrogen-bond donors (Lipinski definition) is 2. The van der Waals surface area contributed by atoms with Crippen molar-refractivity contribution >= 4 is 17.5 Å². The summed E-state index contributed by atoms with van der Waals surface area (Å²) >= 11 is 0. The van der Waals surface area contributed by atoms with E-state index in [-0.39, 0.29) is 17.9 Å². The quantitative estimate of drug-likeness (QED) is 0.834. The Hall–Kier alpha value is -2.10. The first-order valence-corrected chi connectivity index (χ1v) is 7.42. The van der Waals surface area contributed by atoms with Crippen LogP contribution in [-0.2, 0) is 9.59 Å². The number of nitrogens with one attached hydrogen (secondary N) is 2. The van der Waals surface area contributed by atoms with Gasteiger partial charge in [0.05, 0.1) is 6.04 Å². The van der Waals surface area contributed by atoms with Crippen LogP contribution in [0.15, 0.2) is 35.9 Å². The Bertz CT molecular complexity index is 556. The van der Waals surface area contributed by atoms with Crippen LogP contribution in [0.3, 0.4) is 0 Å². The van der Waals surface area contributed by atoms with Crippen LogP contribution in [0.4, 0.5) is 5.69 Å². The molecule has 0 bridgehead atoms. The number of allylic oxidation sites excluding steroid dienone is 1. The van der Waals surface area contributed by atoms with Gasteiger partial charge in [-0.15, -0.1) is 0 Å². The highest BCUT2D eigenvalue weighted by atomic mass is 16.2. The topological polar surface area (TPSA) is 58.2 Å². The Morgan fingerprint density at radius 1 is 1.24 bits per heavy atom. The Kier molecular flexibility index (Phi) is 5.14. The minimum Gasteiger partial charge on any atom is -0.346 e. The molecule has 1 atom stereocenters. The van der Waals surface area contributed by atoms with Crippen LogP contribution in [0.1, 0.15) is 51.1 Å². The molecule has 0 unspecified atom stereocenters. The molecular weight excluding hydrogens is 264 g/mol. The fourth-order valence-electron chi connectivity index (χ4n) is 2.59. The highest BCUT2D eigenvalue weighted by Crippen LogP contribution is 2.23. The Balaban J connectivity index is 1.99. The molecule has 2 amide bonds. The number of carbonyl (C=O) groups is 2. The van der Waals surface area contributed by atoms with Crippen molar-refractivity contribution < 1.29 is 9.59 Å². The summed E-state index contributed by atoms with van der Waals surface area (Å²) in [7, 11) is 0. The average Bonchev–Trinajstić information content (AvgIpc) is 2.90. The predicted molar refractivity (Wildman–Crippen MR) is 83.9 cm³/mol. The molecule has 2 N–H and O–H groups in total. The van der Waals surface area contributed by atoms with Crippen molar-refractivity contribution in [1.82, 2.24) is 5.32 Å². The second-order valence-electron chi connectivity index (χ2n) is 5.55. The highest BCUT2D eigenvalue weighted by Gasteiger charge is 2.12. The molecule has 0 aliphatic heterocycles. The van der Waals surface area contributed by atoms with Gasteiger partial charge in [-0.2, -0.15) is 0 Å². The van der Waals surface area contributed by atoms with Crippen molar-refractivity contribution in [2.75, 3.05) is 5.32 Å². The van der Waals surface area contributed by atoms with Gasteiger partial charge < -0.3 is 10.6 Å². The van der Waals surface area contributed by atoms with Crippen molar-refractivity contribution in [3.05, 3.63) is 41.5 Å². The third-order valence-electron chi connectivity index (χ3n) is 3.65. The normalized spacial score (nSPS) is 15.4. The molecule has 1 saturated carbocycles. The van der Waals surface area contributed by atoms with Gasteiger partial charge in [-0.1, -0.05) is 17.7 Å². The van der Waals surface area contributed by atoms with Crippen molar-refractivity contribution in [3.8, 4) is 0 Å². The van der Waals surface area contributed by atoms with Crippen LogP contribution >= 0.6 is 0 Å². The molecule has 0 saturated heterocycles. The maximum Gasteiger partial charge on any atom is 0.244 e. The number of carbonyl (C=O) groups excluding carboxylic acids is 2. The SMILES string of the molecule is CC(=O)Nc1cccc([C@H](C)NC(=O)C=C2CCCC2)c1. The van der Waals surface area contributed by atoms with Gasteiger partial charge in [0.25, 0.3) is 0 Å². The summed E-state index contributed by atoms with van der Waals surface area (Å²) in [5.74, 6) is -0.140. The number of anilines is 1. The number of benzene rings is 1. The summed E-state index contributed by atoms with van der Waals surface area (Å²) in [5.41, 5.74) is 2.96. The van der Waals surface area contributed by atoms with Crippen LogP contribution < -0.4 is 10.6 Å². The van der Waals surface area contributed by atoms with E-state index in [1.165, 1.54) is 25.3 Å². The molecule has 1 aliphatic rings. The van der Waals surface area contributed by atoms with E-state index < -0.39 is 0 Å². The maximum absolute atomic E-state index is 12.0. The van der Waals surface area contributed by atoms with E-state index in [9.17, 15) is 9.59 Å². The van der Waals surface area contributed by atoms with Crippen LogP contribution in [0.25, 0.3) is 0 Å². The van der Waals surface area contributed by atoms with Gasteiger partial charge in [-0.3, -0.25) is 9.59 Å². The molecule has 4 heteroatoms. The summed E-state index contributed by atoms with van der Waals surface area (Å²) in [6.07, 6.45) is 6.20. The van der Waals surface area contributed by atoms with Crippen LogP contribution in [0.2, 0.25) is 0 Å². The zero-order valence-corrected chi connectivity index (χ0v) is 12.6. The van der Waals surface area contributed by atoms with Gasteiger partial charge >= 0.3 is 0 Å². The second-order valence-corrected chi connectivity index (χ2v) is 5.55. The standard InChI is InChI=1S/C17H22N2O2/c1-12(18-17(21)10-14-6-3-4-7-14)15-8-5-9-16(11-15)19-13(2)20/h5,8-12H,3-4,6-7H2,1-2H3,(H,18,21)(H,19,20)/t12-/m0/s1. The van der Waals surface area contributed by atoms with Crippen molar-refractivity contribution in [1.29, 1.82) is 0 Å². The fourth-order valence-corrected chi connectivity index (χ4v) is 2.59. The molecule has 0 aromatic heterocycles. The zero-order valence-electron chi connectivity index (χ0n) is 12.6. The number of hydrogen-bond acceptors (Lipinski definition) is 2. The summed E-state index contributed by atoms with van der Waals surface area (Å²) in [6.45, 7) is 3.42. The third kappa shape index (κ3) is 4.74. The largest absolute Gasteiger partial charge is 0.346 e. The van der Waals surface area contributed by atoms with E-state index in [1.54, 1.807) is 6.08 Å². The van der Waals surface area contributed by atoms with Crippen LogP contribution in [0.5, 0.6) is 0 Å². The van der Waals surface area contributed by atoms with Gasteiger partial charge in [0, 0.05) is 18.7 Å². The molecule has 0 heterocycles. The van der Waals surface area contributed by atoms with E-state index in [2.05, 4.69) is 10.6 Å². The molecule has 1 fully saturated rings. The van der Waals surface area contributed by atoms with Crippen LogP contribution in [0, 0.1) is 0 Å². The van der Waals surface area contributed by atoms with Gasteiger partial charge in [-0.05, 0) is 50.3 Å². The molecule has 1 aromatic carbocycles. The van der Waals surface area contributed by atoms with Crippen molar-refractivity contribution in [2.24, 2.45) is 0 Å². The Labute approximate surface area is 125 Å². The summed E-state index contributed by atoms with van der Waals surface area (Å²) in [6, 6.07) is 7.44. The predicted octanol–water partition coefficient (Wildman–Crippen LogP) is 3.32. The van der Waals surface area contributed by atoms with Gasteiger partial charge in [0.15, 0.2) is 0 Å². The first-order chi connectivity index (χ1) is 10.0. The Morgan fingerprint density at radius 3 is 2.62 bits per heavy atom. The number of rotatable bonds is 4. The van der Waals surface area contributed by atoms with Gasteiger partial charge in [0.1, 0.15) is 0 Å². The van der Waals surface area contributed by atoms with E-state index in [0.29, 0.717) is 0 Å². The lowest BCUT2D eigenvalue weighted by molar-refractivity contribution is -0.117. The van der Waals surface area contributed by atoms with E-state index >= 15 is 0 Å². The minimum absolute atomic E-state index is 0.0377. The summed E-state index contributed by atoms with van der Waals surface area (Å²) in [4.78, 5) is 23.1. The van der Waals surface area contributed by atoms with Crippen molar-refractivity contribution in [2.45, 2.75) is 45.6 Å². The lowest BCUT2D eigenvalue weighted by atomic mass is 10.1.